The van der Waals surface area contributed by atoms with Crippen LogP contribution in [0.1, 0.15) is 23.9 Å². The second-order valence-electron chi connectivity index (χ2n) is 4.99. The summed E-state index contributed by atoms with van der Waals surface area (Å²) in [6, 6.07) is 4.98. The van der Waals surface area contributed by atoms with E-state index in [1.165, 1.54) is 12.1 Å². The number of halogens is 3. The predicted molar refractivity (Wildman–Crippen MR) is 74.7 cm³/mol. The van der Waals surface area contributed by atoms with Gasteiger partial charge in [0.1, 0.15) is 5.82 Å². The normalized spacial score (nSPS) is 13.4. The molecule has 1 unspecified atom stereocenters. The van der Waals surface area contributed by atoms with Crippen LogP contribution in [0.25, 0.3) is 0 Å². The lowest BCUT2D eigenvalue weighted by Gasteiger charge is -2.13. The highest BCUT2D eigenvalue weighted by molar-refractivity contribution is 5.25. The number of aryl methyl sites for hydroxylation is 1. The smallest absolute Gasteiger partial charge is 0.335 e. The van der Waals surface area contributed by atoms with E-state index in [0.717, 1.165) is 30.1 Å². The second-order valence-corrected chi connectivity index (χ2v) is 4.99. The molecule has 21 heavy (non-hydrogen) atoms. The second kappa shape index (κ2) is 6.30. The molecule has 0 radical (unpaired) electrons. The van der Waals surface area contributed by atoms with Crippen LogP contribution in [0.5, 0.6) is 0 Å². The van der Waals surface area contributed by atoms with Gasteiger partial charge in [-0.3, -0.25) is 0 Å². The Balaban J connectivity index is 1.98. The molecule has 0 amide bonds. The van der Waals surface area contributed by atoms with Crippen molar-refractivity contribution >= 4 is 0 Å². The number of hydrogen-bond donors (Lipinski definition) is 1. The van der Waals surface area contributed by atoms with E-state index in [0.29, 0.717) is 12.8 Å². The lowest BCUT2D eigenvalue weighted by Crippen LogP contribution is -2.27. The van der Waals surface area contributed by atoms with Crippen LogP contribution in [-0.2, 0) is 25.6 Å². The first-order valence-electron chi connectivity index (χ1n) is 6.82. The fourth-order valence-electron chi connectivity index (χ4n) is 2.26. The summed E-state index contributed by atoms with van der Waals surface area (Å²) in [5.74, 6) is 0.900. The van der Waals surface area contributed by atoms with Gasteiger partial charge >= 0.3 is 6.18 Å². The molecule has 2 rings (SSSR count). The van der Waals surface area contributed by atoms with E-state index in [1.807, 2.05) is 17.7 Å². The van der Waals surface area contributed by atoms with Crippen LogP contribution in [0.4, 0.5) is 13.2 Å². The van der Waals surface area contributed by atoms with Crippen molar-refractivity contribution in [3.8, 4) is 0 Å². The molecule has 0 aliphatic rings. The fraction of sp³-hybridized carbons (Fsp3) is 0.400. The molecule has 114 valence electrons. The lowest BCUT2D eigenvalue weighted by molar-refractivity contribution is -0.137. The van der Waals surface area contributed by atoms with Crippen LogP contribution in [0.3, 0.4) is 0 Å². The van der Waals surface area contributed by atoms with Gasteiger partial charge < -0.3 is 10.3 Å². The van der Waals surface area contributed by atoms with Gasteiger partial charge in [-0.05, 0) is 31.0 Å². The van der Waals surface area contributed by atoms with Crippen LogP contribution in [0.2, 0.25) is 0 Å². The lowest BCUT2D eigenvalue weighted by atomic mass is 10.0. The maximum Gasteiger partial charge on any atom is 0.416 e. The third-order valence-electron chi connectivity index (χ3n) is 3.37. The van der Waals surface area contributed by atoms with Gasteiger partial charge in [-0.1, -0.05) is 12.1 Å². The molecule has 0 bridgehead atoms. The van der Waals surface area contributed by atoms with Crippen molar-refractivity contribution in [2.24, 2.45) is 5.73 Å². The number of nitrogens with zero attached hydrogens (tertiary/aromatic N) is 2. The molecule has 6 heteroatoms. The zero-order valence-electron chi connectivity index (χ0n) is 11.8. The topological polar surface area (TPSA) is 43.8 Å². The maximum absolute atomic E-state index is 12.5. The molecule has 0 saturated carbocycles. The molecule has 0 saturated heterocycles. The largest absolute Gasteiger partial charge is 0.416 e. The molecule has 0 aliphatic carbocycles. The molecule has 0 spiro atoms. The minimum Gasteiger partial charge on any atom is -0.335 e. The van der Waals surface area contributed by atoms with Crippen molar-refractivity contribution in [1.29, 1.82) is 0 Å². The van der Waals surface area contributed by atoms with Crippen molar-refractivity contribution < 1.29 is 13.2 Å². The Morgan fingerprint density at radius 2 is 1.86 bits per heavy atom. The number of hydrogen-bond acceptors (Lipinski definition) is 2. The molecule has 0 aliphatic heterocycles. The predicted octanol–water partition coefficient (Wildman–Crippen LogP) is 3.03. The van der Waals surface area contributed by atoms with E-state index in [9.17, 15) is 13.2 Å². The van der Waals surface area contributed by atoms with E-state index in [-0.39, 0.29) is 6.04 Å². The summed E-state index contributed by atoms with van der Waals surface area (Å²) >= 11 is 0. The Labute approximate surface area is 121 Å². The summed E-state index contributed by atoms with van der Waals surface area (Å²) in [5.41, 5.74) is 6.23. The number of alkyl halides is 3. The quantitative estimate of drug-likeness (QED) is 0.922. The number of imidazole rings is 1. The summed E-state index contributed by atoms with van der Waals surface area (Å²) in [6.45, 7) is 2.84. The highest BCUT2D eigenvalue weighted by Crippen LogP contribution is 2.29. The summed E-state index contributed by atoms with van der Waals surface area (Å²) in [6.07, 6.45) is 0.437. The van der Waals surface area contributed by atoms with Gasteiger partial charge in [0.25, 0.3) is 0 Å². The molecule has 2 aromatic rings. The standard InChI is InChI=1S/C15H18F3N3/c1-2-21-8-7-20-14(21)10-13(19)9-11-3-5-12(6-4-11)15(16,17)18/h3-8,13H,2,9-10,19H2,1H3. The van der Waals surface area contributed by atoms with E-state index >= 15 is 0 Å². The SMILES string of the molecule is CCn1ccnc1CC(N)Cc1ccc(C(F)(F)F)cc1. The van der Waals surface area contributed by atoms with Crippen molar-refractivity contribution in [3.05, 3.63) is 53.6 Å². The van der Waals surface area contributed by atoms with Gasteiger partial charge in [0.2, 0.25) is 0 Å². The van der Waals surface area contributed by atoms with Gasteiger partial charge in [0.05, 0.1) is 5.56 Å². The van der Waals surface area contributed by atoms with Crippen molar-refractivity contribution in [3.63, 3.8) is 0 Å². The molecular weight excluding hydrogens is 279 g/mol. The van der Waals surface area contributed by atoms with Gasteiger partial charge in [-0.25, -0.2) is 4.98 Å². The molecule has 3 nitrogen and oxygen atoms in total. The number of rotatable bonds is 5. The van der Waals surface area contributed by atoms with Crippen molar-refractivity contribution in [2.45, 2.75) is 38.5 Å². The Kier molecular flexibility index (Phi) is 4.67. The first kappa shape index (κ1) is 15.6. The van der Waals surface area contributed by atoms with Crippen LogP contribution in [-0.4, -0.2) is 15.6 Å². The zero-order chi connectivity index (χ0) is 15.5. The van der Waals surface area contributed by atoms with Crippen LogP contribution < -0.4 is 5.73 Å². The molecule has 1 aromatic heterocycles. The van der Waals surface area contributed by atoms with E-state index < -0.39 is 11.7 Å². The van der Waals surface area contributed by atoms with E-state index in [2.05, 4.69) is 4.98 Å². The maximum atomic E-state index is 12.5. The Bertz CT molecular complexity index is 573. The van der Waals surface area contributed by atoms with Crippen LogP contribution >= 0.6 is 0 Å². The molecule has 0 fully saturated rings. The average Bonchev–Trinajstić information content (AvgIpc) is 2.85. The fourth-order valence-corrected chi connectivity index (χ4v) is 2.26. The van der Waals surface area contributed by atoms with Crippen LogP contribution in [0.15, 0.2) is 36.7 Å². The van der Waals surface area contributed by atoms with Crippen molar-refractivity contribution in [1.82, 2.24) is 9.55 Å². The summed E-state index contributed by atoms with van der Waals surface area (Å²) in [5, 5.41) is 0. The van der Waals surface area contributed by atoms with Crippen LogP contribution in [0, 0.1) is 0 Å². The molecule has 2 N–H and O–H groups in total. The first-order chi connectivity index (χ1) is 9.90. The summed E-state index contributed by atoms with van der Waals surface area (Å²) in [7, 11) is 0. The Morgan fingerprint density at radius 1 is 1.19 bits per heavy atom. The summed E-state index contributed by atoms with van der Waals surface area (Å²) in [4.78, 5) is 4.25. The molecule has 1 aromatic carbocycles. The minimum atomic E-state index is -4.30. The highest BCUT2D eigenvalue weighted by atomic mass is 19.4. The van der Waals surface area contributed by atoms with Crippen molar-refractivity contribution in [2.75, 3.05) is 0 Å². The first-order valence-corrected chi connectivity index (χ1v) is 6.82. The molecular formula is C15H18F3N3. The van der Waals surface area contributed by atoms with Gasteiger partial charge in [-0.15, -0.1) is 0 Å². The third-order valence-corrected chi connectivity index (χ3v) is 3.37. The molecule has 1 atom stereocenters. The zero-order valence-corrected chi connectivity index (χ0v) is 11.8. The Morgan fingerprint density at radius 3 is 2.43 bits per heavy atom. The number of aromatic nitrogens is 2. The van der Waals surface area contributed by atoms with E-state index in [4.69, 9.17) is 5.73 Å². The number of nitrogens with two attached hydrogens (primary N) is 1. The third kappa shape index (κ3) is 4.07. The monoisotopic (exact) mass is 297 g/mol. The summed E-state index contributed by atoms with van der Waals surface area (Å²) < 4.78 is 39.5. The van der Waals surface area contributed by atoms with Gasteiger partial charge in [0.15, 0.2) is 0 Å². The molecule has 1 heterocycles. The average molecular weight is 297 g/mol. The van der Waals surface area contributed by atoms with Gasteiger partial charge in [0, 0.05) is 31.4 Å². The minimum absolute atomic E-state index is 0.172. The van der Waals surface area contributed by atoms with E-state index in [1.54, 1.807) is 6.20 Å². The Hall–Kier alpha value is -1.82. The van der Waals surface area contributed by atoms with Gasteiger partial charge in [-0.2, -0.15) is 13.2 Å². The number of benzene rings is 1. The highest BCUT2D eigenvalue weighted by Gasteiger charge is 2.29.